The summed E-state index contributed by atoms with van der Waals surface area (Å²) in [7, 11) is 0. The summed E-state index contributed by atoms with van der Waals surface area (Å²) < 4.78 is 4.95. The lowest BCUT2D eigenvalue weighted by Crippen LogP contribution is -2.00. The predicted molar refractivity (Wildman–Crippen MR) is 63.2 cm³/mol. The second-order valence-corrected chi connectivity index (χ2v) is 4.28. The Balaban J connectivity index is 2.35. The van der Waals surface area contributed by atoms with Gasteiger partial charge in [0.1, 0.15) is 0 Å². The van der Waals surface area contributed by atoms with Crippen molar-refractivity contribution in [3.63, 3.8) is 0 Å². The van der Waals surface area contributed by atoms with Crippen molar-refractivity contribution in [3.8, 4) is 0 Å². The first kappa shape index (κ1) is 11.2. The lowest BCUT2D eigenvalue weighted by molar-refractivity contribution is 0.103. The van der Waals surface area contributed by atoms with E-state index >= 15 is 0 Å². The molecule has 2 aromatic rings. The SMILES string of the molecule is CSc1oncc1C(=O)c1ccc(Cl)cc1. The molecule has 16 heavy (non-hydrogen) atoms. The summed E-state index contributed by atoms with van der Waals surface area (Å²) in [6.07, 6.45) is 3.27. The second-order valence-electron chi connectivity index (χ2n) is 3.07. The van der Waals surface area contributed by atoms with E-state index in [9.17, 15) is 4.79 Å². The Kier molecular flexibility index (Phi) is 3.31. The minimum atomic E-state index is -0.109. The van der Waals surface area contributed by atoms with Gasteiger partial charge in [0, 0.05) is 10.6 Å². The Morgan fingerprint density at radius 3 is 2.69 bits per heavy atom. The summed E-state index contributed by atoms with van der Waals surface area (Å²) in [4.78, 5) is 12.0. The maximum atomic E-state index is 12.0. The largest absolute Gasteiger partial charge is 0.349 e. The maximum Gasteiger partial charge on any atom is 0.204 e. The van der Waals surface area contributed by atoms with Crippen LogP contribution in [0.4, 0.5) is 0 Å². The topological polar surface area (TPSA) is 43.1 Å². The van der Waals surface area contributed by atoms with Gasteiger partial charge in [-0.25, -0.2) is 0 Å². The first-order valence-corrected chi connectivity index (χ1v) is 6.11. The fourth-order valence-electron chi connectivity index (χ4n) is 1.28. The van der Waals surface area contributed by atoms with Gasteiger partial charge in [0.15, 0.2) is 5.78 Å². The molecular weight excluding hydrogens is 246 g/mol. The van der Waals surface area contributed by atoms with Crippen molar-refractivity contribution < 1.29 is 9.32 Å². The molecular formula is C11H8ClNO2S. The molecule has 0 spiro atoms. The Labute approximate surface area is 102 Å². The average molecular weight is 254 g/mol. The van der Waals surface area contributed by atoms with Crippen LogP contribution < -0.4 is 0 Å². The van der Waals surface area contributed by atoms with E-state index in [4.69, 9.17) is 16.1 Å². The van der Waals surface area contributed by atoms with Gasteiger partial charge in [0.2, 0.25) is 5.09 Å². The monoisotopic (exact) mass is 253 g/mol. The third-order valence-corrected chi connectivity index (χ3v) is 2.99. The van der Waals surface area contributed by atoms with E-state index in [1.54, 1.807) is 24.3 Å². The molecule has 0 aliphatic rings. The first-order chi connectivity index (χ1) is 7.72. The Hall–Kier alpha value is -1.26. The number of ketones is 1. The van der Waals surface area contributed by atoms with Crippen LogP contribution in [-0.2, 0) is 0 Å². The fourth-order valence-corrected chi connectivity index (χ4v) is 1.89. The molecule has 0 fully saturated rings. The van der Waals surface area contributed by atoms with Crippen molar-refractivity contribution in [2.24, 2.45) is 0 Å². The zero-order valence-corrected chi connectivity index (χ0v) is 10.0. The first-order valence-electron chi connectivity index (χ1n) is 4.51. The zero-order valence-electron chi connectivity index (χ0n) is 8.44. The summed E-state index contributed by atoms with van der Waals surface area (Å²) >= 11 is 7.11. The van der Waals surface area contributed by atoms with Gasteiger partial charge >= 0.3 is 0 Å². The molecule has 0 N–H and O–H groups in total. The molecule has 0 bridgehead atoms. The molecule has 1 aromatic heterocycles. The number of benzene rings is 1. The van der Waals surface area contributed by atoms with Crippen LogP contribution in [-0.4, -0.2) is 17.2 Å². The number of aromatic nitrogens is 1. The molecule has 0 saturated heterocycles. The summed E-state index contributed by atoms with van der Waals surface area (Å²) in [5.74, 6) is -0.109. The lowest BCUT2D eigenvalue weighted by atomic mass is 10.1. The summed E-state index contributed by atoms with van der Waals surface area (Å²) in [6, 6.07) is 6.73. The molecule has 0 aliphatic heterocycles. The molecule has 5 heteroatoms. The Morgan fingerprint density at radius 1 is 1.38 bits per heavy atom. The number of hydrogen-bond acceptors (Lipinski definition) is 4. The molecule has 2 rings (SSSR count). The average Bonchev–Trinajstić information content (AvgIpc) is 2.77. The number of hydrogen-bond donors (Lipinski definition) is 0. The standard InChI is InChI=1S/C11H8ClNO2S/c1-16-11-9(6-13-15-11)10(14)7-2-4-8(12)5-3-7/h2-6H,1H3. The number of rotatable bonds is 3. The fraction of sp³-hybridized carbons (Fsp3) is 0.0909. The number of thioether (sulfide) groups is 1. The van der Waals surface area contributed by atoms with Gasteiger partial charge in [-0.05, 0) is 30.5 Å². The molecule has 3 nitrogen and oxygen atoms in total. The van der Waals surface area contributed by atoms with Gasteiger partial charge in [-0.15, -0.1) is 0 Å². The summed E-state index contributed by atoms with van der Waals surface area (Å²) in [5, 5.41) is 4.75. The van der Waals surface area contributed by atoms with Gasteiger partial charge in [-0.2, -0.15) is 0 Å². The molecule has 0 unspecified atom stereocenters. The Morgan fingerprint density at radius 2 is 2.06 bits per heavy atom. The van der Waals surface area contributed by atoms with E-state index in [0.717, 1.165) is 0 Å². The highest BCUT2D eigenvalue weighted by Crippen LogP contribution is 2.22. The van der Waals surface area contributed by atoms with Crippen molar-refractivity contribution in [2.75, 3.05) is 6.26 Å². The number of halogens is 1. The minimum absolute atomic E-state index is 0.109. The van der Waals surface area contributed by atoms with E-state index in [-0.39, 0.29) is 5.78 Å². The minimum Gasteiger partial charge on any atom is -0.349 e. The quantitative estimate of drug-likeness (QED) is 0.622. The zero-order chi connectivity index (χ0) is 11.5. The second kappa shape index (κ2) is 4.72. The van der Waals surface area contributed by atoms with Crippen molar-refractivity contribution in [3.05, 3.63) is 46.6 Å². The third-order valence-electron chi connectivity index (χ3n) is 2.07. The lowest BCUT2D eigenvalue weighted by Gasteiger charge is -1.99. The maximum absolute atomic E-state index is 12.0. The third kappa shape index (κ3) is 2.13. The molecule has 0 radical (unpaired) electrons. The van der Waals surface area contributed by atoms with Gasteiger partial charge in [-0.3, -0.25) is 4.79 Å². The van der Waals surface area contributed by atoms with Crippen LogP contribution in [0.1, 0.15) is 15.9 Å². The van der Waals surface area contributed by atoms with Crippen LogP contribution >= 0.6 is 23.4 Å². The van der Waals surface area contributed by atoms with Gasteiger partial charge in [-0.1, -0.05) is 28.5 Å². The number of carbonyl (C=O) groups excluding carboxylic acids is 1. The number of carbonyl (C=O) groups is 1. The van der Waals surface area contributed by atoms with Gasteiger partial charge in [0.05, 0.1) is 11.8 Å². The predicted octanol–water partition coefficient (Wildman–Crippen LogP) is 3.28. The van der Waals surface area contributed by atoms with E-state index in [0.29, 0.717) is 21.2 Å². The van der Waals surface area contributed by atoms with Crippen molar-refractivity contribution in [1.29, 1.82) is 0 Å². The molecule has 1 heterocycles. The Bertz CT molecular complexity index is 507. The van der Waals surface area contributed by atoms with Crippen LogP contribution in [0.5, 0.6) is 0 Å². The summed E-state index contributed by atoms with van der Waals surface area (Å²) in [5.41, 5.74) is 1.05. The van der Waals surface area contributed by atoms with Crippen molar-refractivity contribution >= 4 is 29.1 Å². The van der Waals surface area contributed by atoms with Crippen LogP contribution in [0.3, 0.4) is 0 Å². The molecule has 0 saturated carbocycles. The molecule has 0 atom stereocenters. The van der Waals surface area contributed by atoms with Crippen LogP contribution in [0.15, 0.2) is 40.1 Å². The van der Waals surface area contributed by atoms with E-state index in [1.165, 1.54) is 18.0 Å². The van der Waals surface area contributed by atoms with E-state index in [1.807, 2.05) is 6.26 Å². The molecule has 82 valence electrons. The molecule has 0 aliphatic carbocycles. The van der Waals surface area contributed by atoms with Crippen LogP contribution in [0, 0.1) is 0 Å². The summed E-state index contributed by atoms with van der Waals surface area (Å²) in [6.45, 7) is 0. The van der Waals surface area contributed by atoms with Crippen molar-refractivity contribution in [1.82, 2.24) is 5.16 Å². The van der Waals surface area contributed by atoms with Crippen molar-refractivity contribution in [2.45, 2.75) is 5.09 Å². The van der Waals surface area contributed by atoms with E-state index < -0.39 is 0 Å². The molecule has 0 amide bonds. The highest BCUT2D eigenvalue weighted by Gasteiger charge is 2.16. The normalized spacial score (nSPS) is 10.4. The highest BCUT2D eigenvalue weighted by atomic mass is 35.5. The van der Waals surface area contributed by atoms with E-state index in [2.05, 4.69) is 5.16 Å². The van der Waals surface area contributed by atoms with Crippen LogP contribution in [0.25, 0.3) is 0 Å². The smallest absolute Gasteiger partial charge is 0.204 e. The van der Waals surface area contributed by atoms with Gasteiger partial charge in [0.25, 0.3) is 0 Å². The van der Waals surface area contributed by atoms with Crippen LogP contribution in [0.2, 0.25) is 5.02 Å². The van der Waals surface area contributed by atoms with Gasteiger partial charge < -0.3 is 4.52 Å². The highest BCUT2D eigenvalue weighted by molar-refractivity contribution is 7.98. The number of nitrogens with zero attached hydrogens (tertiary/aromatic N) is 1. The molecule has 1 aromatic carbocycles.